The number of unbranched alkanes of at least 4 members (excludes halogenated alkanes) is 30. The molecule has 2 rings (SSSR count). The van der Waals surface area contributed by atoms with Crippen molar-refractivity contribution in [3.8, 4) is 11.1 Å². The molecule has 0 radical (unpaired) electrons. The van der Waals surface area contributed by atoms with Crippen molar-refractivity contribution in [2.75, 3.05) is 39.6 Å². The molecule has 0 saturated carbocycles. The monoisotopic (exact) mass is 1080 g/mol. The van der Waals surface area contributed by atoms with E-state index in [1.54, 1.807) is 0 Å². The van der Waals surface area contributed by atoms with Gasteiger partial charge in [-0.1, -0.05) is 303 Å². The zero-order valence-electron chi connectivity index (χ0n) is 51.9. The molecular weight excluding hydrogens is 957 g/mol. The summed E-state index contributed by atoms with van der Waals surface area (Å²) in [5, 5.41) is 10.4. The molecule has 0 bridgehead atoms. The second-order valence-electron chi connectivity index (χ2n) is 25.5. The van der Waals surface area contributed by atoms with E-state index in [2.05, 4.69) is 136 Å². The van der Waals surface area contributed by atoms with Crippen LogP contribution in [0, 0.1) is 0 Å². The third kappa shape index (κ3) is 39.6. The van der Waals surface area contributed by atoms with E-state index in [0.717, 1.165) is 26.1 Å². The summed E-state index contributed by atoms with van der Waals surface area (Å²) in [5.74, 6) is 0. The number of hydrogen-bond donors (Lipinski definition) is 1. The molecule has 0 saturated heterocycles. The van der Waals surface area contributed by atoms with Gasteiger partial charge in [0.05, 0.1) is 39.1 Å². The predicted molar refractivity (Wildman–Crippen MR) is 333 cm³/mol. The van der Waals surface area contributed by atoms with Gasteiger partial charge in [0.25, 0.3) is 0 Å². The van der Waals surface area contributed by atoms with Gasteiger partial charge in [0.15, 0.2) is 16.6 Å². The van der Waals surface area contributed by atoms with Crippen molar-refractivity contribution in [1.82, 2.24) is 0 Å². The lowest BCUT2D eigenvalue weighted by Crippen LogP contribution is -2.43. The lowest BCUT2D eigenvalue weighted by atomic mass is 10.0. The number of ether oxygens (including phenoxy) is 3. The van der Waals surface area contributed by atoms with E-state index in [-0.39, 0.29) is 16.2 Å². The Balaban J connectivity index is 0.000000800. The molecule has 0 spiro atoms. The fraction of sp³-hybridized carbons (Fsp3) is 0.821. The van der Waals surface area contributed by atoms with E-state index in [4.69, 9.17) is 23.1 Å². The second-order valence-corrected chi connectivity index (χ2v) is 35.2. The topological polar surface area (TPSA) is 66.4 Å². The Kier molecular flexibility index (Phi) is 43.3. The Bertz CT molecular complexity index is 1520. The molecule has 8 heteroatoms. The molecule has 0 aromatic heterocycles. The maximum atomic E-state index is 10.1. The summed E-state index contributed by atoms with van der Waals surface area (Å²) in [6.07, 6.45) is 43.8. The first-order valence-electron chi connectivity index (χ1n) is 31.8. The summed E-state index contributed by atoms with van der Waals surface area (Å²) >= 11 is 0. The zero-order valence-corrected chi connectivity index (χ0v) is 53.9. The molecule has 1 N–H and O–H groups in total. The van der Waals surface area contributed by atoms with Crippen LogP contribution < -0.4 is 0 Å². The lowest BCUT2D eigenvalue weighted by molar-refractivity contribution is -0.0476. The minimum atomic E-state index is -1.85. The van der Waals surface area contributed by atoms with E-state index >= 15 is 0 Å². The third-order valence-electron chi connectivity index (χ3n) is 16.3. The van der Waals surface area contributed by atoms with Crippen molar-refractivity contribution in [1.29, 1.82) is 0 Å². The van der Waals surface area contributed by atoms with Crippen molar-refractivity contribution >= 4 is 16.6 Å². The number of aliphatic hydroxyl groups is 1. The SMILES string of the molecule is CCCCCCCCCCCCCCCCCCOC[C@@H](O)CO[Si](C)(C)C(C)(C)C.CCCCCCCCCCCCCCCCCCOC[C@H](CO[Si](C)(C)C(C)(C)C)OCc1ccc(-c2ccccc2)cc1. The van der Waals surface area contributed by atoms with Gasteiger partial charge in [-0.15, -0.1) is 0 Å². The fourth-order valence-corrected chi connectivity index (χ4v) is 10.9. The Morgan fingerprint density at radius 1 is 0.387 bits per heavy atom. The van der Waals surface area contributed by atoms with Crippen LogP contribution in [0.15, 0.2) is 54.6 Å². The number of rotatable bonds is 48. The maximum absolute atomic E-state index is 10.1. The summed E-state index contributed by atoms with van der Waals surface area (Å²) < 4.78 is 30.8. The van der Waals surface area contributed by atoms with Crippen LogP contribution in [0.25, 0.3) is 11.1 Å². The quantitative estimate of drug-likeness (QED) is 0.0526. The highest BCUT2D eigenvalue weighted by atomic mass is 28.4. The van der Waals surface area contributed by atoms with Crippen molar-refractivity contribution in [2.45, 2.75) is 316 Å². The smallest absolute Gasteiger partial charge is 0.192 e. The molecule has 0 aliphatic carbocycles. The standard InChI is InChI=1S/C40H68O3Si.C27H58O3Si/c1-7-8-9-10-11-12-13-14-15-16-17-18-19-20-21-25-32-41-34-39(35-43-44(5,6)40(2,3)4)42-33-36-28-30-38(31-29-36)37-26-23-22-24-27-37;1-7-8-9-10-11-12-13-14-15-16-17-18-19-20-21-22-23-29-24-26(28)25-30-31(5,6)27(2,3)4/h22-24,26-31,39H,7-21,25,32-35H2,1-6H3;26,28H,7-25H2,1-6H3/t39-;26-/m11/s1. The Morgan fingerprint density at radius 2 is 0.707 bits per heavy atom. The lowest BCUT2D eigenvalue weighted by Gasteiger charge is -2.37. The van der Waals surface area contributed by atoms with Crippen LogP contribution in [0.4, 0.5) is 0 Å². The molecule has 0 heterocycles. The fourth-order valence-electron chi connectivity index (χ4n) is 8.81. The second kappa shape index (κ2) is 45.4. The maximum Gasteiger partial charge on any atom is 0.192 e. The Morgan fingerprint density at radius 3 is 1.07 bits per heavy atom. The third-order valence-corrected chi connectivity index (χ3v) is 25.3. The van der Waals surface area contributed by atoms with Gasteiger partial charge in [-0.05, 0) is 65.8 Å². The van der Waals surface area contributed by atoms with E-state index in [1.165, 1.54) is 209 Å². The molecule has 0 aliphatic rings. The van der Waals surface area contributed by atoms with E-state index in [0.29, 0.717) is 33.0 Å². The molecule has 2 aromatic carbocycles. The predicted octanol–water partition coefficient (Wildman–Crippen LogP) is 21.2. The van der Waals surface area contributed by atoms with E-state index in [1.807, 2.05) is 0 Å². The van der Waals surface area contributed by atoms with Gasteiger partial charge in [-0.2, -0.15) is 0 Å². The first-order valence-corrected chi connectivity index (χ1v) is 37.6. The molecule has 75 heavy (non-hydrogen) atoms. The molecular formula is C67H126O6Si2. The van der Waals surface area contributed by atoms with Gasteiger partial charge in [0, 0.05) is 13.2 Å². The van der Waals surface area contributed by atoms with Crippen LogP contribution in [0.2, 0.25) is 36.3 Å². The van der Waals surface area contributed by atoms with Crippen LogP contribution in [-0.2, 0) is 29.7 Å². The Hall–Kier alpha value is -1.37. The minimum Gasteiger partial charge on any atom is -0.414 e. The average molecular weight is 1080 g/mol. The molecule has 2 aromatic rings. The summed E-state index contributed by atoms with van der Waals surface area (Å²) in [6, 6.07) is 19.2. The van der Waals surface area contributed by atoms with Crippen LogP contribution in [0.5, 0.6) is 0 Å². The van der Waals surface area contributed by atoms with Gasteiger partial charge in [0.1, 0.15) is 6.10 Å². The minimum absolute atomic E-state index is 0.0565. The van der Waals surface area contributed by atoms with Gasteiger partial charge in [-0.25, -0.2) is 0 Å². The van der Waals surface area contributed by atoms with Crippen LogP contribution in [0.3, 0.4) is 0 Å². The van der Waals surface area contributed by atoms with Crippen molar-refractivity contribution in [3.63, 3.8) is 0 Å². The van der Waals surface area contributed by atoms with Gasteiger partial charge in [-0.3, -0.25) is 0 Å². The average Bonchev–Trinajstić information content (AvgIpc) is 3.37. The first kappa shape index (κ1) is 71.6. The van der Waals surface area contributed by atoms with E-state index < -0.39 is 22.7 Å². The summed E-state index contributed by atoms with van der Waals surface area (Å²) in [7, 11) is -3.63. The largest absolute Gasteiger partial charge is 0.414 e. The van der Waals surface area contributed by atoms with Crippen LogP contribution in [-0.4, -0.2) is 73.6 Å². The van der Waals surface area contributed by atoms with Crippen LogP contribution in [0.1, 0.15) is 266 Å². The van der Waals surface area contributed by atoms with Crippen molar-refractivity contribution in [2.24, 2.45) is 0 Å². The molecule has 0 unspecified atom stereocenters. The summed E-state index contributed by atoms with van der Waals surface area (Å²) in [4.78, 5) is 0. The van der Waals surface area contributed by atoms with Crippen molar-refractivity contribution < 1.29 is 28.2 Å². The summed E-state index contributed by atoms with van der Waals surface area (Å²) in [6.45, 7) is 31.3. The first-order chi connectivity index (χ1) is 35.9. The van der Waals surface area contributed by atoms with Crippen molar-refractivity contribution in [3.05, 3.63) is 60.2 Å². The normalized spacial score (nSPS) is 13.2. The van der Waals surface area contributed by atoms with E-state index in [9.17, 15) is 5.11 Å². The van der Waals surface area contributed by atoms with Gasteiger partial charge >= 0.3 is 0 Å². The molecule has 438 valence electrons. The van der Waals surface area contributed by atoms with Gasteiger partial charge < -0.3 is 28.2 Å². The Labute approximate surface area is 469 Å². The number of benzene rings is 2. The molecule has 0 amide bonds. The highest BCUT2D eigenvalue weighted by Crippen LogP contribution is 2.37. The highest BCUT2D eigenvalue weighted by Gasteiger charge is 2.38. The highest BCUT2D eigenvalue weighted by molar-refractivity contribution is 6.74. The molecule has 2 atom stereocenters. The number of aliphatic hydroxyl groups excluding tert-OH is 1. The molecule has 0 aliphatic heterocycles. The van der Waals surface area contributed by atoms with Gasteiger partial charge in [0.2, 0.25) is 0 Å². The van der Waals surface area contributed by atoms with Crippen LogP contribution >= 0.6 is 0 Å². The zero-order chi connectivity index (χ0) is 55.4. The molecule has 0 fully saturated rings. The summed E-state index contributed by atoms with van der Waals surface area (Å²) in [5.41, 5.74) is 3.65. The molecule has 6 nitrogen and oxygen atoms in total. The number of hydrogen-bond acceptors (Lipinski definition) is 6.